The highest BCUT2D eigenvalue weighted by Crippen LogP contribution is 2.35. The molecule has 2 aromatic carbocycles. The summed E-state index contributed by atoms with van der Waals surface area (Å²) in [6.45, 7) is 1.34. The number of carbonyl (C=O) groups is 4. The Kier molecular flexibility index (Phi) is 6.56. The number of sulfonamides is 1. The van der Waals surface area contributed by atoms with E-state index >= 15 is 0 Å². The number of fused-ring (bicyclic) bond motifs is 1. The Morgan fingerprint density at radius 2 is 1.77 bits per heavy atom. The van der Waals surface area contributed by atoms with E-state index in [1.165, 1.54) is 12.1 Å². The van der Waals surface area contributed by atoms with E-state index in [4.69, 9.17) is 4.74 Å². The Morgan fingerprint density at radius 1 is 1.10 bits per heavy atom. The van der Waals surface area contributed by atoms with Gasteiger partial charge in [-0.05, 0) is 43.3 Å². The number of nitrogens with zero attached hydrogens (tertiary/aromatic N) is 2. The van der Waals surface area contributed by atoms with Crippen LogP contribution in [0.5, 0.6) is 5.75 Å². The maximum Gasteiger partial charge on any atom is 0.328 e. The molecule has 1 spiro atoms. The summed E-state index contributed by atoms with van der Waals surface area (Å²) in [4.78, 5) is 54.8. The number of urea groups is 1. The third-order valence-corrected chi connectivity index (χ3v) is 8.19. The Morgan fingerprint density at radius 3 is 2.44 bits per heavy atom. The lowest BCUT2D eigenvalue weighted by Crippen LogP contribution is -2.69. The topological polar surface area (TPSA) is 164 Å². The fourth-order valence-electron chi connectivity index (χ4n) is 4.76. The minimum absolute atomic E-state index is 0.201. The zero-order valence-electron chi connectivity index (χ0n) is 21.1. The number of carbonyl (C=O) groups excluding carboxylic acids is 4. The molecule has 3 N–H and O–H groups in total. The number of aromatic nitrogens is 1. The third kappa shape index (κ3) is 4.93. The van der Waals surface area contributed by atoms with E-state index in [0.29, 0.717) is 5.75 Å². The zero-order chi connectivity index (χ0) is 27.9. The van der Waals surface area contributed by atoms with Crippen LogP contribution in [-0.4, -0.2) is 66.8 Å². The van der Waals surface area contributed by atoms with Crippen molar-refractivity contribution in [2.24, 2.45) is 5.41 Å². The van der Waals surface area contributed by atoms with Crippen LogP contribution in [0.15, 0.2) is 54.6 Å². The fraction of sp³-hybridized carbons (Fsp3) is 0.269. The molecule has 5 amide bonds. The smallest absolute Gasteiger partial charge is 0.328 e. The molecule has 0 aliphatic carbocycles. The molecule has 202 valence electrons. The SMILES string of the molecule is Cc1nc2ccccc2cc1COc1ccc(C(=O)NC2CN(S(C)(=O)=O)CC23C(=O)NC(=O)NC3=O)cc1. The summed E-state index contributed by atoms with van der Waals surface area (Å²) >= 11 is 0. The molecular formula is C26H25N5O7S. The molecular weight excluding hydrogens is 526 g/mol. The van der Waals surface area contributed by atoms with Crippen molar-refractivity contribution >= 4 is 44.7 Å². The van der Waals surface area contributed by atoms with E-state index in [-0.39, 0.29) is 18.7 Å². The molecule has 1 aromatic heterocycles. The van der Waals surface area contributed by atoms with Gasteiger partial charge in [0.15, 0.2) is 5.41 Å². The highest BCUT2D eigenvalue weighted by Gasteiger charge is 2.62. The van der Waals surface area contributed by atoms with Crippen molar-refractivity contribution in [3.05, 3.63) is 71.4 Å². The molecule has 1 atom stereocenters. The van der Waals surface area contributed by atoms with Crippen LogP contribution in [0.3, 0.4) is 0 Å². The van der Waals surface area contributed by atoms with Crippen LogP contribution in [-0.2, 0) is 26.2 Å². The first kappa shape index (κ1) is 26.3. The second kappa shape index (κ2) is 9.75. The van der Waals surface area contributed by atoms with Crippen LogP contribution in [0.1, 0.15) is 21.6 Å². The minimum Gasteiger partial charge on any atom is -0.489 e. The van der Waals surface area contributed by atoms with E-state index < -0.39 is 51.8 Å². The van der Waals surface area contributed by atoms with Gasteiger partial charge in [-0.1, -0.05) is 18.2 Å². The van der Waals surface area contributed by atoms with E-state index in [1.807, 2.05) is 47.9 Å². The lowest BCUT2D eigenvalue weighted by atomic mass is 9.79. The number of hydrogen-bond donors (Lipinski definition) is 3. The molecule has 12 nitrogen and oxygen atoms in total. The first-order valence-electron chi connectivity index (χ1n) is 12.0. The molecule has 0 radical (unpaired) electrons. The maximum absolute atomic E-state index is 13.1. The van der Waals surface area contributed by atoms with Gasteiger partial charge in [0.1, 0.15) is 12.4 Å². The Balaban J connectivity index is 1.30. The molecule has 0 bridgehead atoms. The van der Waals surface area contributed by atoms with E-state index in [0.717, 1.165) is 32.7 Å². The predicted octanol–water partition coefficient (Wildman–Crippen LogP) is 0.848. The van der Waals surface area contributed by atoms with Gasteiger partial charge in [-0.3, -0.25) is 30.0 Å². The van der Waals surface area contributed by atoms with Crippen molar-refractivity contribution in [1.82, 2.24) is 25.2 Å². The van der Waals surface area contributed by atoms with Crippen LogP contribution in [0.4, 0.5) is 4.79 Å². The normalized spacial score (nSPS) is 19.1. The third-order valence-electron chi connectivity index (χ3n) is 6.98. The molecule has 13 heteroatoms. The van der Waals surface area contributed by atoms with Crippen LogP contribution in [0, 0.1) is 12.3 Å². The van der Waals surface area contributed by atoms with Gasteiger partial charge in [0.05, 0.1) is 17.8 Å². The number of ether oxygens (including phenoxy) is 1. The number of aryl methyl sites for hydroxylation is 1. The van der Waals surface area contributed by atoms with E-state index in [2.05, 4.69) is 10.3 Å². The summed E-state index contributed by atoms with van der Waals surface area (Å²) in [6.07, 6.45) is 0.933. The number of hydrogen-bond acceptors (Lipinski definition) is 8. The lowest BCUT2D eigenvalue weighted by molar-refractivity contribution is -0.144. The second-order valence-corrected chi connectivity index (χ2v) is 11.5. The monoisotopic (exact) mass is 551 g/mol. The number of imide groups is 2. The average Bonchev–Trinajstić information content (AvgIpc) is 3.27. The van der Waals surface area contributed by atoms with Gasteiger partial charge in [-0.25, -0.2) is 13.2 Å². The molecule has 2 aliphatic rings. The number of nitrogens with one attached hydrogen (secondary N) is 3. The minimum atomic E-state index is -3.81. The average molecular weight is 552 g/mol. The van der Waals surface area contributed by atoms with Gasteiger partial charge in [0, 0.05) is 35.3 Å². The fourth-order valence-corrected chi connectivity index (χ4v) is 5.62. The summed E-state index contributed by atoms with van der Waals surface area (Å²) in [7, 11) is -3.81. The second-order valence-electron chi connectivity index (χ2n) is 9.53. The van der Waals surface area contributed by atoms with Crippen LogP contribution in [0.25, 0.3) is 10.9 Å². The van der Waals surface area contributed by atoms with Gasteiger partial charge in [0.2, 0.25) is 21.8 Å². The molecule has 5 rings (SSSR count). The van der Waals surface area contributed by atoms with Crippen LogP contribution in [0.2, 0.25) is 0 Å². The number of para-hydroxylation sites is 1. The van der Waals surface area contributed by atoms with Gasteiger partial charge in [0.25, 0.3) is 5.91 Å². The van der Waals surface area contributed by atoms with Crippen LogP contribution < -0.4 is 20.7 Å². The largest absolute Gasteiger partial charge is 0.489 e. The maximum atomic E-state index is 13.1. The molecule has 3 heterocycles. The molecule has 2 fully saturated rings. The first-order chi connectivity index (χ1) is 18.5. The summed E-state index contributed by atoms with van der Waals surface area (Å²) in [5, 5.41) is 7.61. The number of rotatable bonds is 6. The molecule has 1 unspecified atom stereocenters. The van der Waals surface area contributed by atoms with Gasteiger partial charge in [-0.2, -0.15) is 4.31 Å². The summed E-state index contributed by atoms with van der Waals surface area (Å²) in [6, 6.07) is 13.8. The van der Waals surface area contributed by atoms with Gasteiger partial charge < -0.3 is 10.1 Å². The number of benzene rings is 2. The van der Waals surface area contributed by atoms with E-state index in [1.54, 1.807) is 12.1 Å². The molecule has 2 saturated heterocycles. The quantitative estimate of drug-likeness (QED) is 0.380. The van der Waals surface area contributed by atoms with Crippen molar-refractivity contribution < 1.29 is 32.3 Å². The number of amides is 5. The zero-order valence-corrected chi connectivity index (χ0v) is 21.9. The number of pyridine rings is 1. The van der Waals surface area contributed by atoms with Gasteiger partial charge >= 0.3 is 6.03 Å². The van der Waals surface area contributed by atoms with Gasteiger partial charge in [-0.15, -0.1) is 0 Å². The Hall–Kier alpha value is -4.36. The van der Waals surface area contributed by atoms with E-state index in [9.17, 15) is 27.6 Å². The molecule has 2 aliphatic heterocycles. The first-order valence-corrected chi connectivity index (χ1v) is 13.8. The van der Waals surface area contributed by atoms with Crippen molar-refractivity contribution in [3.8, 4) is 5.75 Å². The van der Waals surface area contributed by atoms with Crippen molar-refractivity contribution in [3.63, 3.8) is 0 Å². The van der Waals surface area contributed by atoms with Crippen LogP contribution >= 0.6 is 0 Å². The molecule has 3 aromatic rings. The molecule has 39 heavy (non-hydrogen) atoms. The van der Waals surface area contributed by atoms with Crippen molar-refractivity contribution in [2.75, 3.05) is 19.3 Å². The summed E-state index contributed by atoms with van der Waals surface area (Å²) in [5.41, 5.74) is 0.858. The lowest BCUT2D eigenvalue weighted by Gasteiger charge is -2.34. The van der Waals surface area contributed by atoms with Crippen molar-refractivity contribution in [1.29, 1.82) is 0 Å². The summed E-state index contributed by atoms with van der Waals surface area (Å²) in [5.74, 6) is -2.08. The highest BCUT2D eigenvalue weighted by atomic mass is 32.2. The number of barbiturate groups is 1. The molecule has 0 saturated carbocycles. The summed E-state index contributed by atoms with van der Waals surface area (Å²) < 4.78 is 31.2. The Bertz CT molecular complexity index is 1600. The highest BCUT2D eigenvalue weighted by molar-refractivity contribution is 7.88. The van der Waals surface area contributed by atoms with Crippen molar-refractivity contribution in [2.45, 2.75) is 19.6 Å². The predicted molar refractivity (Wildman–Crippen MR) is 139 cm³/mol. The Labute approximate surface area is 223 Å². The standard InChI is InChI=1S/C26H25N5O7S/c1-15-18(11-17-5-3-4-6-20(17)27-15)13-38-19-9-7-16(8-10-19)22(32)28-21-12-31(39(2,36)37)14-26(21)23(33)29-25(35)30-24(26)34/h3-11,21H,12-14H2,1-2H3,(H,28,32)(H2,29,30,33,34,35).